The highest BCUT2D eigenvalue weighted by Crippen LogP contribution is 2.29. The molecule has 5 nitrogen and oxygen atoms in total. The van der Waals surface area contributed by atoms with Gasteiger partial charge in [0.1, 0.15) is 11.8 Å². The number of carbonyl (C=O) groups excluding carboxylic acids is 2. The molecule has 2 aliphatic heterocycles. The zero-order chi connectivity index (χ0) is 22.0. The van der Waals surface area contributed by atoms with Crippen LogP contribution in [-0.2, 0) is 22.6 Å². The highest BCUT2D eigenvalue weighted by atomic mass is 16.5. The Morgan fingerprint density at radius 2 is 1.77 bits per heavy atom. The summed E-state index contributed by atoms with van der Waals surface area (Å²) in [5, 5.41) is 0. The van der Waals surface area contributed by atoms with Crippen LogP contribution in [0, 0.1) is 6.92 Å². The summed E-state index contributed by atoms with van der Waals surface area (Å²) < 4.78 is 6.02. The summed E-state index contributed by atoms with van der Waals surface area (Å²) in [6.45, 7) is 8.22. The molecule has 0 aliphatic carbocycles. The van der Waals surface area contributed by atoms with Gasteiger partial charge in [-0.1, -0.05) is 50.2 Å². The van der Waals surface area contributed by atoms with E-state index >= 15 is 0 Å². The van der Waals surface area contributed by atoms with Crippen molar-refractivity contribution in [2.24, 2.45) is 0 Å². The van der Waals surface area contributed by atoms with Crippen LogP contribution < -0.4 is 4.74 Å². The number of aryl methyl sites for hydroxylation is 1. The van der Waals surface area contributed by atoms with Crippen molar-refractivity contribution in [2.45, 2.75) is 58.5 Å². The molecule has 0 radical (unpaired) electrons. The Bertz CT molecular complexity index is 963. The van der Waals surface area contributed by atoms with E-state index in [4.69, 9.17) is 4.74 Å². The molecule has 0 aromatic heterocycles. The maximum atomic E-state index is 13.3. The normalized spacial score (nSPS) is 18.3. The molecule has 0 N–H and O–H groups in total. The minimum absolute atomic E-state index is 0.0604. The van der Waals surface area contributed by atoms with Crippen LogP contribution in [0.3, 0.4) is 0 Å². The smallest absolute Gasteiger partial charge is 0.261 e. The number of benzene rings is 2. The highest BCUT2D eigenvalue weighted by molar-refractivity contribution is 5.89. The second kappa shape index (κ2) is 9.13. The molecule has 2 aromatic rings. The van der Waals surface area contributed by atoms with Crippen molar-refractivity contribution in [3.63, 3.8) is 0 Å². The van der Waals surface area contributed by atoms with E-state index in [0.29, 0.717) is 18.9 Å². The van der Waals surface area contributed by atoms with Crippen LogP contribution in [0.25, 0.3) is 0 Å². The number of hydrogen-bond donors (Lipinski definition) is 0. The van der Waals surface area contributed by atoms with Crippen molar-refractivity contribution in [2.75, 3.05) is 19.7 Å². The fourth-order valence-electron chi connectivity index (χ4n) is 4.62. The Morgan fingerprint density at radius 3 is 2.48 bits per heavy atom. The number of ether oxygens (including phenoxy) is 1. The van der Waals surface area contributed by atoms with E-state index in [0.717, 1.165) is 53.9 Å². The molecule has 2 heterocycles. The Labute approximate surface area is 185 Å². The summed E-state index contributed by atoms with van der Waals surface area (Å²) in [5.41, 5.74) is 4.46. The van der Waals surface area contributed by atoms with Gasteiger partial charge in [0.05, 0.1) is 0 Å². The van der Waals surface area contributed by atoms with Gasteiger partial charge in [-0.2, -0.15) is 0 Å². The Hall–Kier alpha value is -2.82. The third kappa shape index (κ3) is 4.60. The number of amides is 2. The molecule has 164 valence electrons. The summed E-state index contributed by atoms with van der Waals surface area (Å²) in [7, 11) is 0. The van der Waals surface area contributed by atoms with Gasteiger partial charge in [-0.05, 0) is 54.0 Å². The molecule has 2 aliphatic rings. The van der Waals surface area contributed by atoms with Crippen LogP contribution in [0.1, 0.15) is 54.9 Å². The Balaban J connectivity index is 1.54. The molecule has 1 fully saturated rings. The number of nitrogens with zero attached hydrogens (tertiary/aromatic N) is 2. The first-order valence-corrected chi connectivity index (χ1v) is 11.3. The number of carbonyl (C=O) groups is 2. The predicted octanol–water partition coefficient (Wildman–Crippen LogP) is 4.07. The van der Waals surface area contributed by atoms with Gasteiger partial charge in [0.15, 0.2) is 6.61 Å². The lowest BCUT2D eigenvalue weighted by molar-refractivity contribution is -0.147. The Morgan fingerprint density at radius 1 is 1.06 bits per heavy atom. The van der Waals surface area contributed by atoms with Crippen molar-refractivity contribution in [1.82, 2.24) is 9.80 Å². The van der Waals surface area contributed by atoms with Gasteiger partial charge in [0.25, 0.3) is 5.91 Å². The van der Waals surface area contributed by atoms with E-state index < -0.39 is 6.04 Å². The van der Waals surface area contributed by atoms with Gasteiger partial charge >= 0.3 is 0 Å². The van der Waals surface area contributed by atoms with E-state index in [1.165, 1.54) is 0 Å². The topological polar surface area (TPSA) is 49.9 Å². The molecule has 0 saturated carbocycles. The minimum Gasteiger partial charge on any atom is -0.483 e. The average molecular weight is 421 g/mol. The maximum absolute atomic E-state index is 13.3. The van der Waals surface area contributed by atoms with E-state index in [2.05, 4.69) is 32.0 Å². The SMILES string of the molecule is Cc1ccc(C(C)C)c(OCC(=O)N2Cc3ccccc3C[C@H]2C(=O)N2CCCC2)c1. The van der Waals surface area contributed by atoms with Gasteiger partial charge in [0.2, 0.25) is 5.91 Å². The van der Waals surface area contributed by atoms with Crippen molar-refractivity contribution in [1.29, 1.82) is 0 Å². The first-order chi connectivity index (χ1) is 14.9. The summed E-state index contributed by atoms with van der Waals surface area (Å²) in [5.74, 6) is 0.988. The molecule has 31 heavy (non-hydrogen) atoms. The minimum atomic E-state index is -0.453. The molecule has 2 aromatic carbocycles. The summed E-state index contributed by atoms with van der Waals surface area (Å²) in [6, 6.07) is 13.8. The van der Waals surface area contributed by atoms with Gasteiger partial charge in [0, 0.05) is 26.1 Å². The van der Waals surface area contributed by atoms with Crippen LogP contribution in [-0.4, -0.2) is 47.4 Å². The van der Waals surface area contributed by atoms with Gasteiger partial charge in [-0.3, -0.25) is 9.59 Å². The number of fused-ring (bicyclic) bond motifs is 1. The second-order valence-corrected chi connectivity index (χ2v) is 9.03. The summed E-state index contributed by atoms with van der Waals surface area (Å²) in [4.78, 5) is 30.2. The quantitative estimate of drug-likeness (QED) is 0.733. The van der Waals surface area contributed by atoms with E-state index in [1.54, 1.807) is 4.90 Å². The van der Waals surface area contributed by atoms with Crippen molar-refractivity contribution >= 4 is 11.8 Å². The van der Waals surface area contributed by atoms with Crippen LogP contribution in [0.5, 0.6) is 5.75 Å². The van der Waals surface area contributed by atoms with Gasteiger partial charge in [-0.25, -0.2) is 0 Å². The van der Waals surface area contributed by atoms with E-state index in [9.17, 15) is 9.59 Å². The van der Waals surface area contributed by atoms with Crippen LogP contribution in [0.4, 0.5) is 0 Å². The van der Waals surface area contributed by atoms with Gasteiger partial charge in [-0.15, -0.1) is 0 Å². The number of rotatable bonds is 5. The largest absolute Gasteiger partial charge is 0.483 e. The predicted molar refractivity (Wildman–Crippen MR) is 121 cm³/mol. The lowest BCUT2D eigenvalue weighted by atomic mass is 9.93. The van der Waals surface area contributed by atoms with E-state index in [-0.39, 0.29) is 18.4 Å². The van der Waals surface area contributed by atoms with Crippen LogP contribution in [0.15, 0.2) is 42.5 Å². The third-order valence-electron chi connectivity index (χ3n) is 6.41. The van der Waals surface area contributed by atoms with Crippen LogP contribution >= 0.6 is 0 Å². The maximum Gasteiger partial charge on any atom is 0.261 e. The summed E-state index contributed by atoms with van der Waals surface area (Å²) in [6.07, 6.45) is 2.65. The highest BCUT2D eigenvalue weighted by Gasteiger charge is 2.37. The first kappa shape index (κ1) is 21.4. The molecule has 2 amide bonds. The van der Waals surface area contributed by atoms with Crippen LogP contribution in [0.2, 0.25) is 0 Å². The van der Waals surface area contributed by atoms with Crippen molar-refractivity contribution < 1.29 is 14.3 Å². The molecule has 5 heteroatoms. The van der Waals surface area contributed by atoms with Crippen molar-refractivity contribution in [3.05, 3.63) is 64.7 Å². The lowest BCUT2D eigenvalue weighted by Gasteiger charge is -2.37. The number of hydrogen-bond acceptors (Lipinski definition) is 3. The monoisotopic (exact) mass is 420 g/mol. The first-order valence-electron chi connectivity index (χ1n) is 11.3. The molecule has 4 rings (SSSR count). The second-order valence-electron chi connectivity index (χ2n) is 9.03. The standard InChI is InChI=1S/C26H32N2O3/c1-18(2)22-11-10-19(3)14-24(22)31-17-25(29)28-16-21-9-5-4-8-20(21)15-23(28)26(30)27-12-6-7-13-27/h4-5,8-11,14,18,23H,6-7,12-13,15-17H2,1-3H3/t23-/m0/s1. The lowest BCUT2D eigenvalue weighted by Crippen LogP contribution is -2.54. The summed E-state index contributed by atoms with van der Waals surface area (Å²) >= 11 is 0. The van der Waals surface area contributed by atoms with E-state index in [1.807, 2.05) is 36.1 Å². The fourth-order valence-corrected chi connectivity index (χ4v) is 4.62. The van der Waals surface area contributed by atoms with Gasteiger partial charge < -0.3 is 14.5 Å². The fraction of sp³-hybridized carbons (Fsp3) is 0.462. The molecular formula is C26H32N2O3. The number of likely N-dealkylation sites (tertiary alicyclic amines) is 1. The molecule has 0 bridgehead atoms. The molecular weight excluding hydrogens is 388 g/mol. The molecule has 0 unspecified atom stereocenters. The Kier molecular flexibility index (Phi) is 6.30. The molecule has 0 spiro atoms. The average Bonchev–Trinajstić information content (AvgIpc) is 3.31. The molecule has 1 saturated heterocycles. The zero-order valence-corrected chi connectivity index (χ0v) is 18.8. The molecule has 1 atom stereocenters. The third-order valence-corrected chi connectivity index (χ3v) is 6.41. The van der Waals surface area contributed by atoms with Crippen molar-refractivity contribution in [3.8, 4) is 5.75 Å². The zero-order valence-electron chi connectivity index (χ0n) is 18.8.